The van der Waals surface area contributed by atoms with Gasteiger partial charge >= 0.3 is 0 Å². The van der Waals surface area contributed by atoms with Gasteiger partial charge in [0.15, 0.2) is 0 Å². The molecule has 19 heavy (non-hydrogen) atoms. The first-order valence-corrected chi connectivity index (χ1v) is 6.88. The third-order valence-corrected chi connectivity index (χ3v) is 3.94. The average molecular weight is 254 g/mol. The Hall–Kier alpha value is -1.90. The zero-order valence-electron chi connectivity index (χ0n) is 11.1. The summed E-state index contributed by atoms with van der Waals surface area (Å²) in [5, 5.41) is 4.04. The van der Waals surface area contributed by atoms with Crippen molar-refractivity contribution in [2.75, 3.05) is 6.54 Å². The molecule has 0 bridgehead atoms. The Morgan fingerprint density at radius 3 is 2.89 bits per heavy atom. The molecular weight excluding hydrogens is 236 g/mol. The number of para-hydroxylation sites is 1. The quantitative estimate of drug-likeness (QED) is 0.914. The fourth-order valence-electron chi connectivity index (χ4n) is 2.47. The summed E-state index contributed by atoms with van der Waals surface area (Å²) in [6, 6.07) is 9.83. The van der Waals surface area contributed by atoms with Gasteiger partial charge in [-0.25, -0.2) is 0 Å². The number of rotatable bonds is 3. The molecule has 0 unspecified atom stereocenters. The standard InChI is InChI=1S/C16H18N2O/c1-11-14(16(19)17-10-12-5-4-6-12)9-13-7-2-3-8-15(13)18-11/h2-3,7-9,12H,4-6,10H2,1H3,(H,17,19). The predicted octanol–water partition coefficient (Wildman–Crippen LogP) is 3.07. The van der Waals surface area contributed by atoms with Gasteiger partial charge in [-0.15, -0.1) is 0 Å². The van der Waals surface area contributed by atoms with Crippen LogP contribution < -0.4 is 5.32 Å². The monoisotopic (exact) mass is 254 g/mol. The molecule has 0 atom stereocenters. The molecule has 98 valence electrons. The van der Waals surface area contributed by atoms with Gasteiger partial charge in [0.25, 0.3) is 5.91 Å². The first-order chi connectivity index (χ1) is 9.24. The minimum absolute atomic E-state index is 0.00246. The van der Waals surface area contributed by atoms with Gasteiger partial charge in [-0.05, 0) is 37.8 Å². The highest BCUT2D eigenvalue weighted by Crippen LogP contribution is 2.25. The van der Waals surface area contributed by atoms with E-state index >= 15 is 0 Å². The van der Waals surface area contributed by atoms with E-state index in [-0.39, 0.29) is 5.91 Å². The second kappa shape index (κ2) is 5.00. The summed E-state index contributed by atoms with van der Waals surface area (Å²) in [5.74, 6) is 0.681. The van der Waals surface area contributed by atoms with Crippen LogP contribution in [0.3, 0.4) is 0 Å². The molecule has 3 rings (SSSR count). The normalized spacial score (nSPS) is 15.2. The summed E-state index contributed by atoms with van der Waals surface area (Å²) in [5.41, 5.74) is 2.43. The third kappa shape index (κ3) is 2.46. The van der Waals surface area contributed by atoms with Crippen molar-refractivity contribution in [3.05, 3.63) is 41.6 Å². The van der Waals surface area contributed by atoms with Crippen molar-refractivity contribution in [2.45, 2.75) is 26.2 Å². The van der Waals surface area contributed by atoms with Crippen LogP contribution in [0.2, 0.25) is 0 Å². The summed E-state index contributed by atoms with van der Waals surface area (Å²) in [4.78, 5) is 16.7. The topological polar surface area (TPSA) is 42.0 Å². The molecule has 1 aromatic carbocycles. The number of nitrogens with zero attached hydrogens (tertiary/aromatic N) is 1. The van der Waals surface area contributed by atoms with Gasteiger partial charge in [0.05, 0.1) is 16.8 Å². The largest absolute Gasteiger partial charge is 0.352 e. The number of aryl methyl sites for hydroxylation is 1. The molecule has 1 heterocycles. The Kier molecular flexibility index (Phi) is 3.20. The molecule has 1 aliphatic carbocycles. The molecule has 0 aliphatic heterocycles. The van der Waals surface area contributed by atoms with Crippen molar-refractivity contribution in [3.8, 4) is 0 Å². The summed E-state index contributed by atoms with van der Waals surface area (Å²) >= 11 is 0. The number of benzene rings is 1. The molecule has 1 aromatic heterocycles. The van der Waals surface area contributed by atoms with Crippen LogP contribution in [0, 0.1) is 12.8 Å². The van der Waals surface area contributed by atoms with Crippen LogP contribution >= 0.6 is 0 Å². The van der Waals surface area contributed by atoms with Gasteiger partial charge in [-0.1, -0.05) is 24.6 Å². The van der Waals surface area contributed by atoms with E-state index in [9.17, 15) is 4.79 Å². The van der Waals surface area contributed by atoms with Crippen LogP contribution in [0.15, 0.2) is 30.3 Å². The molecule has 1 fully saturated rings. The maximum Gasteiger partial charge on any atom is 0.253 e. The zero-order chi connectivity index (χ0) is 13.2. The molecule has 3 heteroatoms. The third-order valence-electron chi connectivity index (χ3n) is 3.94. The molecular formula is C16H18N2O. The molecule has 1 amide bonds. The van der Waals surface area contributed by atoms with E-state index in [1.807, 2.05) is 37.3 Å². The van der Waals surface area contributed by atoms with Gasteiger partial charge in [-0.3, -0.25) is 9.78 Å². The van der Waals surface area contributed by atoms with Crippen LogP contribution in [0.4, 0.5) is 0 Å². The van der Waals surface area contributed by atoms with Crippen LogP contribution in [0.1, 0.15) is 35.3 Å². The number of hydrogen-bond donors (Lipinski definition) is 1. The maximum absolute atomic E-state index is 12.2. The number of amides is 1. The number of carbonyl (C=O) groups is 1. The summed E-state index contributed by atoms with van der Waals surface area (Å²) in [6.07, 6.45) is 3.79. The lowest BCUT2D eigenvalue weighted by molar-refractivity contribution is 0.0938. The van der Waals surface area contributed by atoms with E-state index in [1.165, 1.54) is 19.3 Å². The Morgan fingerprint density at radius 2 is 2.16 bits per heavy atom. The van der Waals surface area contributed by atoms with Crippen molar-refractivity contribution in [1.82, 2.24) is 10.3 Å². The lowest BCUT2D eigenvalue weighted by atomic mass is 9.85. The van der Waals surface area contributed by atoms with E-state index in [2.05, 4.69) is 10.3 Å². The summed E-state index contributed by atoms with van der Waals surface area (Å²) < 4.78 is 0. The minimum Gasteiger partial charge on any atom is -0.352 e. The zero-order valence-corrected chi connectivity index (χ0v) is 11.1. The van der Waals surface area contributed by atoms with Crippen molar-refractivity contribution in [3.63, 3.8) is 0 Å². The SMILES string of the molecule is Cc1nc2ccccc2cc1C(=O)NCC1CCC1. The van der Waals surface area contributed by atoms with Gasteiger partial charge in [-0.2, -0.15) is 0 Å². The fraction of sp³-hybridized carbons (Fsp3) is 0.375. The highest BCUT2D eigenvalue weighted by molar-refractivity contribution is 5.98. The average Bonchev–Trinajstić information content (AvgIpc) is 2.36. The second-order valence-electron chi connectivity index (χ2n) is 5.32. The summed E-state index contributed by atoms with van der Waals surface area (Å²) in [7, 11) is 0. The Bertz CT molecular complexity index is 617. The fourth-order valence-corrected chi connectivity index (χ4v) is 2.47. The highest BCUT2D eigenvalue weighted by Gasteiger charge is 2.19. The Balaban J connectivity index is 1.82. The Morgan fingerprint density at radius 1 is 1.37 bits per heavy atom. The highest BCUT2D eigenvalue weighted by atomic mass is 16.1. The second-order valence-corrected chi connectivity index (χ2v) is 5.32. The van der Waals surface area contributed by atoms with Crippen molar-refractivity contribution in [2.24, 2.45) is 5.92 Å². The van der Waals surface area contributed by atoms with Crippen LogP contribution in [-0.4, -0.2) is 17.4 Å². The van der Waals surface area contributed by atoms with Crippen LogP contribution in [0.25, 0.3) is 10.9 Å². The lowest BCUT2D eigenvalue weighted by Crippen LogP contribution is -2.32. The molecule has 1 N–H and O–H groups in total. The van der Waals surface area contributed by atoms with Crippen molar-refractivity contribution in [1.29, 1.82) is 0 Å². The van der Waals surface area contributed by atoms with E-state index in [4.69, 9.17) is 0 Å². The lowest BCUT2D eigenvalue weighted by Gasteiger charge is -2.25. The van der Waals surface area contributed by atoms with Gasteiger partial charge in [0.1, 0.15) is 0 Å². The molecule has 1 aliphatic rings. The number of nitrogens with one attached hydrogen (secondary N) is 1. The molecule has 0 saturated heterocycles. The van der Waals surface area contributed by atoms with E-state index < -0.39 is 0 Å². The number of aromatic nitrogens is 1. The minimum atomic E-state index is 0.00246. The van der Waals surface area contributed by atoms with Gasteiger partial charge < -0.3 is 5.32 Å². The molecule has 2 aromatic rings. The molecule has 3 nitrogen and oxygen atoms in total. The molecule has 1 saturated carbocycles. The predicted molar refractivity (Wildman–Crippen MR) is 76.2 cm³/mol. The van der Waals surface area contributed by atoms with Gasteiger partial charge in [0, 0.05) is 11.9 Å². The number of hydrogen-bond acceptors (Lipinski definition) is 2. The number of pyridine rings is 1. The first kappa shape index (κ1) is 12.2. The van der Waals surface area contributed by atoms with E-state index in [0.717, 1.165) is 23.1 Å². The van der Waals surface area contributed by atoms with Crippen molar-refractivity contribution >= 4 is 16.8 Å². The first-order valence-electron chi connectivity index (χ1n) is 6.88. The van der Waals surface area contributed by atoms with Gasteiger partial charge in [0.2, 0.25) is 0 Å². The molecule has 0 spiro atoms. The Labute approximate surface area is 113 Å². The summed E-state index contributed by atoms with van der Waals surface area (Å²) in [6.45, 7) is 2.69. The van der Waals surface area contributed by atoms with E-state index in [1.54, 1.807) is 0 Å². The van der Waals surface area contributed by atoms with Crippen molar-refractivity contribution < 1.29 is 4.79 Å². The maximum atomic E-state index is 12.2. The number of fused-ring (bicyclic) bond motifs is 1. The smallest absolute Gasteiger partial charge is 0.253 e. The van der Waals surface area contributed by atoms with E-state index in [0.29, 0.717) is 11.5 Å². The van der Waals surface area contributed by atoms with Crippen LogP contribution in [0.5, 0.6) is 0 Å². The number of carbonyl (C=O) groups excluding carboxylic acids is 1. The molecule has 0 radical (unpaired) electrons. The van der Waals surface area contributed by atoms with Crippen LogP contribution in [-0.2, 0) is 0 Å².